The zero-order valence-electron chi connectivity index (χ0n) is 17.4. The highest BCUT2D eigenvalue weighted by atomic mass is 19.1. The quantitative estimate of drug-likeness (QED) is 0.603. The van der Waals surface area contributed by atoms with Gasteiger partial charge in [-0.1, -0.05) is 50.1 Å². The third-order valence-electron chi connectivity index (χ3n) is 5.29. The molecule has 0 bridgehead atoms. The minimum atomic E-state index is -1.15. The molecule has 0 unspecified atom stereocenters. The molecule has 0 saturated carbocycles. The van der Waals surface area contributed by atoms with E-state index in [-0.39, 0.29) is 18.4 Å². The number of hydrogen-bond acceptors (Lipinski definition) is 4. The molecule has 7 heteroatoms. The number of benzene rings is 2. The minimum absolute atomic E-state index is 0.151. The Hall–Kier alpha value is -2.93. The van der Waals surface area contributed by atoms with Gasteiger partial charge in [-0.25, -0.2) is 14.1 Å². The van der Waals surface area contributed by atoms with Crippen molar-refractivity contribution >= 4 is 11.9 Å². The Morgan fingerprint density at radius 2 is 1.80 bits per heavy atom. The van der Waals surface area contributed by atoms with Crippen molar-refractivity contribution in [3.05, 3.63) is 66.0 Å². The third-order valence-corrected chi connectivity index (χ3v) is 5.29. The minimum Gasteiger partial charge on any atom is -0.492 e. The van der Waals surface area contributed by atoms with Gasteiger partial charge >= 0.3 is 6.03 Å². The van der Waals surface area contributed by atoms with E-state index >= 15 is 0 Å². The van der Waals surface area contributed by atoms with Gasteiger partial charge in [0.25, 0.3) is 5.91 Å². The van der Waals surface area contributed by atoms with Gasteiger partial charge in [0.2, 0.25) is 0 Å². The lowest BCUT2D eigenvalue weighted by Gasteiger charge is -2.28. The molecule has 0 radical (unpaired) electrons. The first-order chi connectivity index (χ1) is 14.5. The molecule has 2 aromatic rings. The van der Waals surface area contributed by atoms with Crippen molar-refractivity contribution in [2.24, 2.45) is 0 Å². The van der Waals surface area contributed by atoms with Gasteiger partial charge in [0, 0.05) is 6.54 Å². The molecule has 1 aliphatic rings. The summed E-state index contributed by atoms with van der Waals surface area (Å²) in [5, 5.41) is 2.88. The number of carbonyl (C=O) groups excluding carboxylic acids is 2. The Kier molecular flexibility index (Phi) is 7.05. The fourth-order valence-corrected chi connectivity index (χ4v) is 3.59. The number of halogens is 1. The van der Waals surface area contributed by atoms with Crippen molar-refractivity contribution in [1.29, 1.82) is 0 Å². The lowest BCUT2D eigenvalue weighted by Crippen LogP contribution is -2.45. The first kappa shape index (κ1) is 21.8. The number of likely N-dealkylation sites (N-methyl/N-ethyl adjacent to an activating group) is 1. The molecule has 0 spiro atoms. The number of nitrogens with one attached hydrogen (secondary N) is 1. The summed E-state index contributed by atoms with van der Waals surface area (Å²) in [5.41, 5.74) is -0.546. The van der Waals surface area contributed by atoms with Gasteiger partial charge in [0.15, 0.2) is 0 Å². The Labute approximate surface area is 176 Å². The van der Waals surface area contributed by atoms with E-state index in [4.69, 9.17) is 4.74 Å². The zero-order valence-corrected chi connectivity index (χ0v) is 17.4. The maximum absolute atomic E-state index is 13.4. The van der Waals surface area contributed by atoms with Crippen LogP contribution in [-0.2, 0) is 10.3 Å². The highest BCUT2D eigenvalue weighted by Crippen LogP contribution is 2.34. The standard InChI is InChI=1S/C23H28FN3O3/c1-3-4-14-23(18-10-12-19(24)13-11-18)21(28)27(22(29)25-23)17-26(2)15-16-30-20-8-6-5-7-9-20/h5-13H,3-4,14-17H2,1-2H3,(H,25,29)/t23-/m1/s1. The maximum atomic E-state index is 13.4. The highest BCUT2D eigenvalue weighted by Gasteiger charge is 2.51. The Bertz CT molecular complexity index is 860. The predicted molar refractivity (Wildman–Crippen MR) is 112 cm³/mol. The molecule has 3 amide bonds. The fourth-order valence-electron chi connectivity index (χ4n) is 3.59. The Balaban J connectivity index is 1.67. The molecule has 160 valence electrons. The van der Waals surface area contributed by atoms with Crippen LogP contribution in [0.3, 0.4) is 0 Å². The summed E-state index contributed by atoms with van der Waals surface area (Å²) in [6.45, 7) is 3.16. The summed E-state index contributed by atoms with van der Waals surface area (Å²) in [5.74, 6) is 0.0929. The van der Waals surface area contributed by atoms with Crippen molar-refractivity contribution in [1.82, 2.24) is 15.1 Å². The van der Waals surface area contributed by atoms with Crippen LogP contribution in [-0.4, -0.2) is 48.6 Å². The normalized spacial score (nSPS) is 18.7. The van der Waals surface area contributed by atoms with E-state index in [1.807, 2.05) is 49.2 Å². The molecule has 6 nitrogen and oxygen atoms in total. The fraction of sp³-hybridized carbons (Fsp3) is 0.391. The molecule has 2 aromatic carbocycles. The van der Waals surface area contributed by atoms with Crippen LogP contribution >= 0.6 is 0 Å². The molecule has 3 rings (SSSR count). The van der Waals surface area contributed by atoms with Crippen LogP contribution < -0.4 is 10.1 Å². The van der Waals surface area contributed by atoms with Crippen molar-refractivity contribution in [3.8, 4) is 5.75 Å². The molecule has 1 N–H and O–H groups in total. The molecule has 0 aliphatic carbocycles. The van der Waals surface area contributed by atoms with Gasteiger partial charge in [-0.05, 0) is 43.3 Å². The average molecular weight is 413 g/mol. The van der Waals surface area contributed by atoms with E-state index in [0.29, 0.717) is 25.1 Å². The van der Waals surface area contributed by atoms with Crippen LogP contribution in [0.15, 0.2) is 54.6 Å². The van der Waals surface area contributed by atoms with Gasteiger partial charge in [0.05, 0.1) is 6.67 Å². The summed E-state index contributed by atoms with van der Waals surface area (Å²) >= 11 is 0. The maximum Gasteiger partial charge on any atom is 0.326 e. The first-order valence-electron chi connectivity index (χ1n) is 10.2. The van der Waals surface area contributed by atoms with Crippen molar-refractivity contribution in [3.63, 3.8) is 0 Å². The smallest absolute Gasteiger partial charge is 0.326 e. The summed E-state index contributed by atoms with van der Waals surface area (Å²) < 4.78 is 19.1. The number of para-hydroxylation sites is 1. The van der Waals surface area contributed by atoms with Crippen LogP contribution in [0.25, 0.3) is 0 Å². The molecule has 1 heterocycles. The van der Waals surface area contributed by atoms with Crippen molar-refractivity contribution in [2.45, 2.75) is 31.7 Å². The van der Waals surface area contributed by atoms with E-state index in [1.165, 1.54) is 17.0 Å². The van der Waals surface area contributed by atoms with Crippen LogP contribution in [0.1, 0.15) is 31.7 Å². The SMILES string of the molecule is CCCC[C@]1(c2ccc(F)cc2)NC(=O)N(CN(C)CCOc2ccccc2)C1=O. The predicted octanol–water partition coefficient (Wildman–Crippen LogP) is 3.73. The molecule has 30 heavy (non-hydrogen) atoms. The Morgan fingerprint density at radius 3 is 2.47 bits per heavy atom. The number of imide groups is 1. The number of amides is 3. The van der Waals surface area contributed by atoms with Gasteiger partial charge in [-0.15, -0.1) is 0 Å². The summed E-state index contributed by atoms with van der Waals surface area (Å²) in [6.07, 6.45) is 2.11. The molecular weight excluding hydrogens is 385 g/mol. The average Bonchev–Trinajstić information content (AvgIpc) is 2.98. The zero-order chi connectivity index (χ0) is 21.6. The lowest BCUT2D eigenvalue weighted by atomic mass is 9.85. The molecule has 1 aliphatic heterocycles. The second-order valence-corrected chi connectivity index (χ2v) is 7.56. The number of ether oxygens (including phenoxy) is 1. The van der Waals surface area contributed by atoms with Crippen LogP contribution in [0.2, 0.25) is 0 Å². The molecule has 1 fully saturated rings. The van der Waals surface area contributed by atoms with E-state index < -0.39 is 11.6 Å². The number of rotatable bonds is 10. The monoisotopic (exact) mass is 413 g/mol. The summed E-state index contributed by atoms with van der Waals surface area (Å²) in [4.78, 5) is 29.1. The second-order valence-electron chi connectivity index (χ2n) is 7.56. The van der Waals surface area contributed by atoms with E-state index in [1.54, 1.807) is 12.1 Å². The largest absolute Gasteiger partial charge is 0.492 e. The van der Waals surface area contributed by atoms with Crippen LogP contribution in [0.4, 0.5) is 9.18 Å². The number of hydrogen-bond donors (Lipinski definition) is 1. The highest BCUT2D eigenvalue weighted by molar-refractivity contribution is 6.07. The van der Waals surface area contributed by atoms with Gasteiger partial charge in [0.1, 0.15) is 23.7 Å². The van der Waals surface area contributed by atoms with E-state index in [2.05, 4.69) is 5.32 Å². The number of unbranched alkanes of at least 4 members (excludes halogenated alkanes) is 1. The molecular formula is C23H28FN3O3. The number of urea groups is 1. The van der Waals surface area contributed by atoms with E-state index in [0.717, 1.165) is 18.6 Å². The topological polar surface area (TPSA) is 61.9 Å². The van der Waals surface area contributed by atoms with Gasteiger partial charge in [-0.3, -0.25) is 9.69 Å². The van der Waals surface area contributed by atoms with Crippen LogP contribution in [0, 0.1) is 5.82 Å². The Morgan fingerprint density at radius 1 is 1.10 bits per heavy atom. The summed E-state index contributed by atoms with van der Waals surface area (Å²) in [6, 6.07) is 14.8. The van der Waals surface area contributed by atoms with Crippen LogP contribution in [0.5, 0.6) is 5.75 Å². The van der Waals surface area contributed by atoms with Gasteiger partial charge in [-0.2, -0.15) is 0 Å². The second kappa shape index (κ2) is 9.71. The van der Waals surface area contributed by atoms with Crippen molar-refractivity contribution in [2.75, 3.05) is 26.9 Å². The lowest BCUT2D eigenvalue weighted by molar-refractivity contribution is -0.133. The number of nitrogens with zero attached hydrogens (tertiary/aromatic N) is 2. The number of carbonyl (C=O) groups is 2. The molecule has 1 atom stereocenters. The molecule has 0 aromatic heterocycles. The van der Waals surface area contributed by atoms with E-state index in [9.17, 15) is 14.0 Å². The summed E-state index contributed by atoms with van der Waals surface area (Å²) in [7, 11) is 1.83. The molecule has 1 saturated heterocycles. The van der Waals surface area contributed by atoms with Gasteiger partial charge < -0.3 is 10.1 Å². The third kappa shape index (κ3) is 4.79. The first-order valence-corrected chi connectivity index (χ1v) is 10.2. The van der Waals surface area contributed by atoms with Crippen molar-refractivity contribution < 1.29 is 18.7 Å².